The highest BCUT2D eigenvalue weighted by Gasteiger charge is 2.42. The number of fused-ring (bicyclic) bond motifs is 3. The molecule has 2 aromatic heterocycles. The molecule has 138 valence electrons. The molecule has 2 aromatic rings. The predicted octanol–water partition coefficient (Wildman–Crippen LogP) is 3.44. The van der Waals surface area contributed by atoms with Crippen molar-refractivity contribution in [2.45, 2.75) is 56.5 Å². The van der Waals surface area contributed by atoms with Crippen LogP contribution in [0.5, 0.6) is 0 Å². The zero-order chi connectivity index (χ0) is 17.1. The average molecular weight is 372 g/mol. The van der Waals surface area contributed by atoms with Crippen LogP contribution in [0.2, 0.25) is 0 Å². The van der Waals surface area contributed by atoms with E-state index in [1.807, 2.05) is 11.3 Å². The second-order valence-corrected chi connectivity index (χ2v) is 9.41. The van der Waals surface area contributed by atoms with Crippen LogP contribution >= 0.6 is 11.3 Å². The molecule has 2 saturated heterocycles. The van der Waals surface area contributed by atoms with E-state index >= 15 is 0 Å². The molecule has 5 nitrogen and oxygen atoms in total. The molecule has 2 aliphatic carbocycles. The second kappa shape index (κ2) is 5.88. The van der Waals surface area contributed by atoms with Crippen LogP contribution in [0.1, 0.15) is 54.3 Å². The van der Waals surface area contributed by atoms with Crippen molar-refractivity contribution >= 4 is 27.4 Å². The maximum absolute atomic E-state index is 6.17. The number of nitrogens with zero attached hydrogens (tertiary/aromatic N) is 3. The Morgan fingerprint density at radius 3 is 2.88 bits per heavy atom. The number of rotatable bonds is 2. The highest BCUT2D eigenvalue weighted by Crippen LogP contribution is 2.44. The van der Waals surface area contributed by atoms with Crippen molar-refractivity contribution in [2.75, 3.05) is 37.8 Å². The molecule has 1 spiro atoms. The first-order valence-corrected chi connectivity index (χ1v) is 10.9. The van der Waals surface area contributed by atoms with Crippen LogP contribution in [-0.2, 0) is 22.3 Å². The first-order chi connectivity index (χ1) is 12.8. The molecule has 2 aliphatic heterocycles. The molecule has 0 radical (unpaired) electrons. The highest BCUT2D eigenvalue weighted by molar-refractivity contribution is 7.19. The smallest absolute Gasteiger partial charge is 0.141 e. The molecule has 6 rings (SSSR count). The fourth-order valence-corrected chi connectivity index (χ4v) is 6.02. The Kier molecular flexibility index (Phi) is 3.57. The van der Waals surface area contributed by atoms with Gasteiger partial charge in [-0.25, -0.2) is 9.97 Å². The predicted molar refractivity (Wildman–Crippen MR) is 102 cm³/mol. The molecule has 1 atom stereocenters. The highest BCUT2D eigenvalue weighted by atomic mass is 32.1. The van der Waals surface area contributed by atoms with Crippen LogP contribution in [0.15, 0.2) is 0 Å². The Labute approximate surface area is 157 Å². The van der Waals surface area contributed by atoms with Gasteiger partial charge in [-0.3, -0.25) is 0 Å². The minimum absolute atomic E-state index is 0.134. The van der Waals surface area contributed by atoms with Gasteiger partial charge < -0.3 is 14.4 Å². The van der Waals surface area contributed by atoms with Gasteiger partial charge in [-0.05, 0) is 44.1 Å². The van der Waals surface area contributed by atoms with Gasteiger partial charge >= 0.3 is 0 Å². The number of aryl methyl sites for hydroxylation is 2. The van der Waals surface area contributed by atoms with Crippen molar-refractivity contribution in [2.24, 2.45) is 0 Å². The van der Waals surface area contributed by atoms with E-state index < -0.39 is 0 Å². The van der Waals surface area contributed by atoms with E-state index in [4.69, 9.17) is 19.4 Å². The minimum atomic E-state index is -0.134. The Bertz CT molecular complexity index is 854. The van der Waals surface area contributed by atoms with Crippen molar-refractivity contribution in [3.8, 4) is 0 Å². The molecule has 0 amide bonds. The standard InChI is InChI=1S/C20H25N3O2S/c1-2-4-15-14(3-1)16-18(21-17(13-5-6-13)22-19(16)26-15)23-8-10-25-20(11-23)7-9-24-12-20/h13H,1-12H2. The average Bonchev–Trinajstić information content (AvgIpc) is 3.33. The van der Waals surface area contributed by atoms with Gasteiger partial charge in [-0.15, -0.1) is 11.3 Å². The zero-order valence-corrected chi connectivity index (χ0v) is 15.9. The van der Waals surface area contributed by atoms with Gasteiger partial charge in [-0.2, -0.15) is 0 Å². The summed E-state index contributed by atoms with van der Waals surface area (Å²) < 4.78 is 11.8. The van der Waals surface area contributed by atoms with Crippen molar-refractivity contribution in [1.29, 1.82) is 0 Å². The lowest BCUT2D eigenvalue weighted by molar-refractivity contribution is -0.0580. The van der Waals surface area contributed by atoms with Crippen LogP contribution in [0.25, 0.3) is 10.2 Å². The molecule has 0 aromatic carbocycles. The fraction of sp³-hybridized carbons (Fsp3) is 0.700. The molecule has 1 saturated carbocycles. The first-order valence-electron chi connectivity index (χ1n) is 10.1. The van der Waals surface area contributed by atoms with E-state index in [-0.39, 0.29) is 5.60 Å². The number of hydrogen-bond donors (Lipinski definition) is 0. The molecular weight excluding hydrogens is 346 g/mol. The monoisotopic (exact) mass is 371 g/mol. The zero-order valence-electron chi connectivity index (χ0n) is 15.1. The summed E-state index contributed by atoms with van der Waals surface area (Å²) in [4.78, 5) is 15.4. The lowest BCUT2D eigenvalue weighted by atomic mass is 9.96. The lowest BCUT2D eigenvalue weighted by Crippen LogP contribution is -2.52. The summed E-state index contributed by atoms with van der Waals surface area (Å²) in [5.74, 6) is 2.85. The van der Waals surface area contributed by atoms with E-state index in [1.165, 1.54) is 60.1 Å². The van der Waals surface area contributed by atoms with Crippen molar-refractivity contribution in [3.63, 3.8) is 0 Å². The topological polar surface area (TPSA) is 47.5 Å². The molecular formula is C20H25N3O2S. The third-order valence-electron chi connectivity index (χ3n) is 6.37. The first kappa shape index (κ1) is 15.8. The number of morpholine rings is 1. The van der Waals surface area contributed by atoms with Gasteiger partial charge in [0.15, 0.2) is 0 Å². The molecule has 6 heteroatoms. The van der Waals surface area contributed by atoms with E-state index in [9.17, 15) is 0 Å². The van der Waals surface area contributed by atoms with Crippen molar-refractivity contribution in [3.05, 3.63) is 16.3 Å². The molecule has 26 heavy (non-hydrogen) atoms. The Morgan fingerprint density at radius 2 is 2.04 bits per heavy atom. The van der Waals surface area contributed by atoms with Crippen LogP contribution < -0.4 is 4.90 Å². The molecule has 0 bridgehead atoms. The van der Waals surface area contributed by atoms with E-state index in [1.54, 1.807) is 4.88 Å². The normalized spacial score (nSPS) is 28.8. The summed E-state index contributed by atoms with van der Waals surface area (Å²) in [6.07, 6.45) is 8.50. The van der Waals surface area contributed by atoms with Gasteiger partial charge in [0.05, 0.1) is 25.1 Å². The number of hydrogen-bond acceptors (Lipinski definition) is 6. The van der Waals surface area contributed by atoms with Gasteiger partial charge in [0.2, 0.25) is 0 Å². The third-order valence-corrected chi connectivity index (χ3v) is 7.56. The number of anilines is 1. The maximum Gasteiger partial charge on any atom is 0.141 e. The SMILES string of the molecule is C1CCc2c(sc3nc(C4CC4)nc(N4CCOC5(CCOC5)C4)c23)C1. The maximum atomic E-state index is 6.17. The Balaban J connectivity index is 1.48. The number of thiophene rings is 1. The number of aromatic nitrogens is 2. The fourth-order valence-electron chi connectivity index (χ4n) is 4.76. The van der Waals surface area contributed by atoms with E-state index in [2.05, 4.69) is 4.90 Å². The second-order valence-electron chi connectivity index (χ2n) is 8.33. The summed E-state index contributed by atoms with van der Waals surface area (Å²) in [7, 11) is 0. The van der Waals surface area contributed by atoms with Gasteiger partial charge in [-0.1, -0.05) is 0 Å². The van der Waals surface area contributed by atoms with Gasteiger partial charge in [0, 0.05) is 30.4 Å². The summed E-state index contributed by atoms with van der Waals surface area (Å²) in [5.41, 5.74) is 1.41. The van der Waals surface area contributed by atoms with Crippen molar-refractivity contribution in [1.82, 2.24) is 9.97 Å². The summed E-state index contributed by atoms with van der Waals surface area (Å²) >= 11 is 1.93. The molecule has 3 fully saturated rings. The van der Waals surface area contributed by atoms with Crippen LogP contribution in [0.4, 0.5) is 5.82 Å². The summed E-state index contributed by atoms with van der Waals surface area (Å²) in [6.45, 7) is 4.11. The Morgan fingerprint density at radius 1 is 1.12 bits per heavy atom. The molecule has 4 aliphatic rings. The molecule has 0 N–H and O–H groups in total. The third kappa shape index (κ3) is 2.49. The molecule has 1 unspecified atom stereocenters. The minimum Gasteiger partial charge on any atom is -0.378 e. The van der Waals surface area contributed by atoms with E-state index in [0.29, 0.717) is 5.92 Å². The Hall–Kier alpha value is -1.24. The van der Waals surface area contributed by atoms with Gasteiger partial charge in [0.1, 0.15) is 22.1 Å². The molecule has 4 heterocycles. The van der Waals surface area contributed by atoms with E-state index in [0.717, 1.165) is 45.2 Å². The lowest BCUT2D eigenvalue weighted by Gasteiger charge is -2.40. The number of ether oxygens (including phenoxy) is 2. The van der Waals surface area contributed by atoms with Crippen molar-refractivity contribution < 1.29 is 9.47 Å². The van der Waals surface area contributed by atoms with Crippen LogP contribution in [-0.4, -0.2) is 48.5 Å². The quantitative estimate of drug-likeness (QED) is 0.809. The summed E-state index contributed by atoms with van der Waals surface area (Å²) in [6, 6.07) is 0. The van der Waals surface area contributed by atoms with Gasteiger partial charge in [0.25, 0.3) is 0 Å². The van der Waals surface area contributed by atoms with Crippen LogP contribution in [0, 0.1) is 0 Å². The summed E-state index contributed by atoms with van der Waals surface area (Å²) in [5, 5.41) is 1.35. The van der Waals surface area contributed by atoms with Crippen LogP contribution in [0.3, 0.4) is 0 Å². The largest absolute Gasteiger partial charge is 0.378 e.